The van der Waals surface area contributed by atoms with Crippen LogP contribution in [0.4, 0.5) is 0 Å². The SMILES string of the molecule is CN(C)C(C)(C)CNC(=O)C1CCNC1. The van der Waals surface area contributed by atoms with Gasteiger partial charge in [0.25, 0.3) is 0 Å². The number of carbonyl (C=O) groups is 1. The Morgan fingerprint density at radius 3 is 2.67 bits per heavy atom. The summed E-state index contributed by atoms with van der Waals surface area (Å²) in [7, 11) is 4.06. The fourth-order valence-electron chi connectivity index (χ4n) is 1.48. The number of hydrogen-bond acceptors (Lipinski definition) is 3. The minimum atomic E-state index is 0.0156. The van der Waals surface area contributed by atoms with Gasteiger partial charge in [0.2, 0.25) is 5.91 Å². The third-order valence-electron chi connectivity index (χ3n) is 3.34. The Bertz CT molecular complexity index is 220. The van der Waals surface area contributed by atoms with Crippen molar-refractivity contribution in [2.45, 2.75) is 25.8 Å². The smallest absolute Gasteiger partial charge is 0.224 e. The van der Waals surface area contributed by atoms with Crippen LogP contribution >= 0.6 is 0 Å². The van der Waals surface area contributed by atoms with Crippen LogP contribution in [0.3, 0.4) is 0 Å². The molecule has 2 N–H and O–H groups in total. The lowest BCUT2D eigenvalue weighted by Gasteiger charge is -2.33. The molecule has 0 aromatic heterocycles. The van der Waals surface area contributed by atoms with Gasteiger partial charge in [-0.3, -0.25) is 4.79 Å². The van der Waals surface area contributed by atoms with E-state index in [0.29, 0.717) is 6.54 Å². The van der Waals surface area contributed by atoms with E-state index < -0.39 is 0 Å². The number of hydrogen-bond donors (Lipinski definition) is 2. The fraction of sp³-hybridized carbons (Fsp3) is 0.909. The Morgan fingerprint density at radius 2 is 2.20 bits per heavy atom. The number of nitrogens with one attached hydrogen (secondary N) is 2. The second-order valence-corrected chi connectivity index (χ2v) is 5.11. The molecule has 0 aliphatic carbocycles. The molecule has 1 atom stereocenters. The molecule has 1 rings (SSSR count). The number of likely N-dealkylation sites (N-methyl/N-ethyl adjacent to an activating group) is 1. The van der Waals surface area contributed by atoms with Crippen molar-refractivity contribution in [3.05, 3.63) is 0 Å². The largest absolute Gasteiger partial charge is 0.354 e. The molecule has 0 spiro atoms. The first kappa shape index (κ1) is 12.5. The molecule has 1 unspecified atom stereocenters. The zero-order chi connectivity index (χ0) is 11.5. The topological polar surface area (TPSA) is 44.4 Å². The summed E-state index contributed by atoms with van der Waals surface area (Å²) in [6.07, 6.45) is 0.966. The van der Waals surface area contributed by atoms with E-state index >= 15 is 0 Å². The highest BCUT2D eigenvalue weighted by Gasteiger charge is 2.25. The number of carbonyl (C=O) groups excluding carboxylic acids is 1. The molecule has 0 saturated carbocycles. The molecule has 1 amide bonds. The van der Waals surface area contributed by atoms with Gasteiger partial charge >= 0.3 is 0 Å². The molecule has 1 aliphatic heterocycles. The van der Waals surface area contributed by atoms with Crippen molar-refractivity contribution in [1.29, 1.82) is 0 Å². The maximum atomic E-state index is 11.7. The highest BCUT2D eigenvalue weighted by molar-refractivity contribution is 5.79. The Kier molecular flexibility index (Phi) is 4.11. The first-order valence-corrected chi connectivity index (χ1v) is 5.59. The lowest BCUT2D eigenvalue weighted by Crippen LogP contribution is -2.49. The number of rotatable bonds is 4. The molecule has 1 aliphatic rings. The van der Waals surface area contributed by atoms with Crippen molar-refractivity contribution in [3.8, 4) is 0 Å². The van der Waals surface area contributed by atoms with Gasteiger partial charge < -0.3 is 15.5 Å². The quantitative estimate of drug-likeness (QED) is 0.694. The Morgan fingerprint density at radius 1 is 1.53 bits per heavy atom. The molecule has 0 radical (unpaired) electrons. The van der Waals surface area contributed by atoms with Gasteiger partial charge in [-0.1, -0.05) is 0 Å². The highest BCUT2D eigenvalue weighted by Crippen LogP contribution is 2.10. The lowest BCUT2D eigenvalue weighted by molar-refractivity contribution is -0.124. The van der Waals surface area contributed by atoms with Crippen molar-refractivity contribution in [3.63, 3.8) is 0 Å². The summed E-state index contributed by atoms with van der Waals surface area (Å²) < 4.78 is 0. The summed E-state index contributed by atoms with van der Waals surface area (Å²) in [6.45, 7) is 6.75. The van der Waals surface area contributed by atoms with Crippen molar-refractivity contribution < 1.29 is 4.79 Å². The normalized spacial score (nSPS) is 22.1. The van der Waals surface area contributed by atoms with Crippen LogP contribution in [0.2, 0.25) is 0 Å². The Hall–Kier alpha value is -0.610. The summed E-state index contributed by atoms with van der Waals surface area (Å²) in [4.78, 5) is 13.9. The van der Waals surface area contributed by atoms with E-state index in [-0.39, 0.29) is 17.4 Å². The van der Waals surface area contributed by atoms with Gasteiger partial charge in [-0.2, -0.15) is 0 Å². The standard InChI is InChI=1S/C11H23N3O/c1-11(2,14(3)4)8-13-10(15)9-5-6-12-7-9/h9,12H,5-8H2,1-4H3,(H,13,15). The zero-order valence-electron chi connectivity index (χ0n) is 10.3. The van der Waals surface area contributed by atoms with Gasteiger partial charge in [-0.15, -0.1) is 0 Å². The molecule has 15 heavy (non-hydrogen) atoms. The maximum absolute atomic E-state index is 11.7. The Labute approximate surface area is 92.4 Å². The van der Waals surface area contributed by atoms with E-state index in [4.69, 9.17) is 0 Å². The lowest BCUT2D eigenvalue weighted by atomic mass is 10.0. The average Bonchev–Trinajstić information content (AvgIpc) is 2.66. The number of nitrogens with zero attached hydrogens (tertiary/aromatic N) is 1. The second-order valence-electron chi connectivity index (χ2n) is 5.11. The van der Waals surface area contributed by atoms with Gasteiger partial charge in [0.1, 0.15) is 0 Å². The molecule has 4 nitrogen and oxygen atoms in total. The van der Waals surface area contributed by atoms with Gasteiger partial charge in [0.15, 0.2) is 0 Å². The van der Waals surface area contributed by atoms with Crippen LogP contribution in [0.5, 0.6) is 0 Å². The molecule has 4 heteroatoms. The van der Waals surface area contributed by atoms with Crippen LogP contribution < -0.4 is 10.6 Å². The fourth-order valence-corrected chi connectivity index (χ4v) is 1.48. The molecular formula is C11H23N3O. The van der Waals surface area contributed by atoms with Crippen LogP contribution in [-0.2, 0) is 4.79 Å². The molecule has 1 saturated heterocycles. The summed E-state index contributed by atoms with van der Waals surface area (Å²) in [6, 6.07) is 0. The van der Waals surface area contributed by atoms with Gasteiger partial charge in [0.05, 0.1) is 5.92 Å². The van der Waals surface area contributed by atoms with E-state index in [0.717, 1.165) is 19.5 Å². The van der Waals surface area contributed by atoms with E-state index in [1.807, 2.05) is 14.1 Å². The molecule has 1 heterocycles. The van der Waals surface area contributed by atoms with Gasteiger partial charge in [-0.25, -0.2) is 0 Å². The van der Waals surface area contributed by atoms with E-state index in [1.54, 1.807) is 0 Å². The zero-order valence-corrected chi connectivity index (χ0v) is 10.3. The third-order valence-corrected chi connectivity index (χ3v) is 3.34. The molecule has 88 valence electrons. The predicted octanol–water partition coefficient (Wildman–Crippen LogP) is 0.0523. The summed E-state index contributed by atoms with van der Waals surface area (Å²) in [5.74, 6) is 0.359. The third kappa shape index (κ3) is 3.47. The summed E-state index contributed by atoms with van der Waals surface area (Å²) in [5.41, 5.74) is 0.0156. The number of amides is 1. The second kappa shape index (κ2) is 4.94. The van der Waals surface area contributed by atoms with Crippen molar-refractivity contribution in [2.75, 3.05) is 33.7 Å². The first-order chi connectivity index (χ1) is 6.93. The van der Waals surface area contributed by atoms with Gasteiger partial charge in [-0.05, 0) is 40.9 Å². The van der Waals surface area contributed by atoms with E-state index in [1.165, 1.54) is 0 Å². The van der Waals surface area contributed by atoms with Crippen LogP contribution in [0, 0.1) is 5.92 Å². The van der Waals surface area contributed by atoms with E-state index in [9.17, 15) is 4.79 Å². The molecule has 0 aromatic carbocycles. The van der Waals surface area contributed by atoms with E-state index in [2.05, 4.69) is 29.4 Å². The molecule has 1 fully saturated rings. The Balaban J connectivity index is 2.33. The van der Waals surface area contributed by atoms with Crippen molar-refractivity contribution in [2.24, 2.45) is 5.92 Å². The highest BCUT2D eigenvalue weighted by atomic mass is 16.1. The summed E-state index contributed by atoms with van der Waals surface area (Å²) >= 11 is 0. The summed E-state index contributed by atoms with van der Waals surface area (Å²) in [5, 5.41) is 6.23. The van der Waals surface area contributed by atoms with Crippen LogP contribution in [0.25, 0.3) is 0 Å². The molecule has 0 bridgehead atoms. The molecule has 0 aromatic rings. The van der Waals surface area contributed by atoms with Crippen molar-refractivity contribution >= 4 is 5.91 Å². The minimum absolute atomic E-state index is 0.0156. The molecular weight excluding hydrogens is 190 g/mol. The van der Waals surface area contributed by atoms with Crippen molar-refractivity contribution in [1.82, 2.24) is 15.5 Å². The minimum Gasteiger partial charge on any atom is -0.354 e. The maximum Gasteiger partial charge on any atom is 0.224 e. The van der Waals surface area contributed by atoms with Crippen LogP contribution in [-0.4, -0.2) is 50.1 Å². The van der Waals surface area contributed by atoms with Crippen LogP contribution in [0.15, 0.2) is 0 Å². The first-order valence-electron chi connectivity index (χ1n) is 5.59. The predicted molar refractivity (Wildman–Crippen MR) is 61.8 cm³/mol. The van der Waals surface area contributed by atoms with Gasteiger partial charge in [0, 0.05) is 18.6 Å². The monoisotopic (exact) mass is 213 g/mol. The average molecular weight is 213 g/mol. The van der Waals surface area contributed by atoms with Crippen LogP contribution in [0.1, 0.15) is 20.3 Å².